The van der Waals surface area contributed by atoms with Gasteiger partial charge in [-0.05, 0) is 51.4 Å². The SMILES string of the molecule is [CH2]CC=C1CC2CC1CC2(C)C(=O)O. The molecule has 0 amide bonds. The highest BCUT2D eigenvalue weighted by Crippen LogP contribution is 2.58. The average Bonchev–Trinajstić information content (AvgIpc) is 2.62. The fourth-order valence-electron chi connectivity index (χ4n) is 3.10. The van der Waals surface area contributed by atoms with E-state index in [1.807, 2.05) is 6.92 Å². The zero-order valence-electron chi connectivity index (χ0n) is 8.62. The number of rotatable bonds is 2. The second-order valence-electron chi connectivity index (χ2n) is 4.83. The number of aliphatic carboxylic acids is 1. The van der Waals surface area contributed by atoms with Crippen LogP contribution in [0.15, 0.2) is 11.6 Å². The van der Waals surface area contributed by atoms with Gasteiger partial charge in [-0.1, -0.05) is 11.6 Å². The van der Waals surface area contributed by atoms with E-state index in [2.05, 4.69) is 13.0 Å². The largest absolute Gasteiger partial charge is 0.481 e. The molecule has 2 rings (SSSR count). The molecule has 2 aliphatic rings. The normalized spacial score (nSPS) is 43.4. The summed E-state index contributed by atoms with van der Waals surface area (Å²) in [5.74, 6) is 0.282. The fourth-order valence-corrected chi connectivity index (χ4v) is 3.10. The smallest absolute Gasteiger partial charge is 0.309 e. The van der Waals surface area contributed by atoms with Crippen LogP contribution in [0.25, 0.3) is 0 Å². The summed E-state index contributed by atoms with van der Waals surface area (Å²) in [6.07, 6.45) is 5.92. The van der Waals surface area contributed by atoms with Crippen LogP contribution in [0.4, 0.5) is 0 Å². The second kappa shape index (κ2) is 3.11. The van der Waals surface area contributed by atoms with Gasteiger partial charge in [0.1, 0.15) is 0 Å². The standard InChI is InChI=1S/C12H17O2/c1-3-4-8-5-10-6-9(8)7-12(10,2)11(13)14/h4,9-10H,1,3,5-7H2,2H3,(H,13,14). The lowest BCUT2D eigenvalue weighted by atomic mass is 9.73. The lowest BCUT2D eigenvalue weighted by Crippen LogP contribution is -2.33. The van der Waals surface area contributed by atoms with E-state index in [1.165, 1.54) is 5.57 Å². The van der Waals surface area contributed by atoms with Crippen molar-refractivity contribution in [1.29, 1.82) is 0 Å². The molecule has 0 spiro atoms. The Labute approximate surface area is 85.0 Å². The van der Waals surface area contributed by atoms with Crippen molar-refractivity contribution in [3.05, 3.63) is 18.6 Å². The highest BCUT2D eigenvalue weighted by Gasteiger charge is 2.54. The number of carbonyl (C=O) groups is 1. The summed E-state index contributed by atoms with van der Waals surface area (Å²) in [7, 11) is 0. The van der Waals surface area contributed by atoms with Crippen LogP contribution in [0.3, 0.4) is 0 Å². The van der Waals surface area contributed by atoms with Crippen LogP contribution in [0.1, 0.15) is 32.6 Å². The molecule has 2 nitrogen and oxygen atoms in total. The Bertz CT molecular complexity index is 293. The van der Waals surface area contributed by atoms with Gasteiger partial charge in [-0.15, -0.1) is 0 Å². The molecule has 0 aliphatic heterocycles. The Kier molecular flexibility index (Phi) is 2.17. The molecular formula is C12H17O2. The Balaban J connectivity index is 2.17. The Morgan fingerprint density at radius 2 is 2.50 bits per heavy atom. The van der Waals surface area contributed by atoms with Gasteiger partial charge in [0.05, 0.1) is 5.41 Å². The van der Waals surface area contributed by atoms with E-state index in [9.17, 15) is 9.90 Å². The molecule has 2 fully saturated rings. The third-order valence-electron chi connectivity index (χ3n) is 4.04. The predicted octanol–water partition coefficient (Wildman–Crippen LogP) is 2.66. The molecule has 0 aromatic heterocycles. The van der Waals surface area contributed by atoms with Gasteiger partial charge in [0, 0.05) is 0 Å². The topological polar surface area (TPSA) is 37.3 Å². The van der Waals surface area contributed by atoms with Gasteiger partial charge in [-0.2, -0.15) is 0 Å². The fraction of sp³-hybridized carbons (Fsp3) is 0.667. The van der Waals surface area contributed by atoms with Crippen LogP contribution in [0.5, 0.6) is 0 Å². The number of fused-ring (bicyclic) bond motifs is 2. The monoisotopic (exact) mass is 193 g/mol. The van der Waals surface area contributed by atoms with Gasteiger partial charge in [0.15, 0.2) is 0 Å². The van der Waals surface area contributed by atoms with E-state index in [0.29, 0.717) is 11.8 Å². The Hall–Kier alpha value is -0.790. The van der Waals surface area contributed by atoms with Gasteiger partial charge in [-0.3, -0.25) is 4.79 Å². The summed E-state index contributed by atoms with van der Waals surface area (Å²) in [6, 6.07) is 0. The second-order valence-corrected chi connectivity index (χ2v) is 4.83. The predicted molar refractivity (Wildman–Crippen MR) is 54.6 cm³/mol. The summed E-state index contributed by atoms with van der Waals surface area (Å²) in [4.78, 5) is 11.1. The van der Waals surface area contributed by atoms with Crippen molar-refractivity contribution in [2.24, 2.45) is 17.3 Å². The Morgan fingerprint density at radius 3 is 2.93 bits per heavy atom. The van der Waals surface area contributed by atoms with E-state index in [-0.39, 0.29) is 0 Å². The third kappa shape index (κ3) is 1.20. The maximum atomic E-state index is 11.1. The molecule has 3 atom stereocenters. The summed E-state index contributed by atoms with van der Waals surface area (Å²) in [6.45, 7) is 5.72. The van der Waals surface area contributed by atoms with Crippen LogP contribution in [0, 0.1) is 24.2 Å². The van der Waals surface area contributed by atoms with Gasteiger partial charge >= 0.3 is 5.97 Å². The van der Waals surface area contributed by atoms with Crippen LogP contribution >= 0.6 is 0 Å². The first-order valence-corrected chi connectivity index (χ1v) is 5.29. The summed E-state index contributed by atoms with van der Waals surface area (Å²) >= 11 is 0. The maximum Gasteiger partial charge on any atom is 0.309 e. The average molecular weight is 193 g/mol. The number of hydrogen-bond acceptors (Lipinski definition) is 1. The first-order valence-electron chi connectivity index (χ1n) is 5.29. The van der Waals surface area contributed by atoms with E-state index in [4.69, 9.17) is 0 Å². The van der Waals surface area contributed by atoms with Gasteiger partial charge < -0.3 is 5.11 Å². The molecule has 0 aromatic carbocycles. The first kappa shape index (κ1) is 9.75. The van der Waals surface area contributed by atoms with Crippen molar-refractivity contribution in [2.75, 3.05) is 0 Å². The molecule has 0 saturated heterocycles. The first-order chi connectivity index (χ1) is 6.58. The molecule has 2 bridgehead atoms. The quantitative estimate of drug-likeness (QED) is 0.684. The minimum Gasteiger partial charge on any atom is -0.481 e. The molecule has 0 aromatic rings. The molecule has 0 heterocycles. The maximum absolute atomic E-state index is 11.1. The van der Waals surface area contributed by atoms with Gasteiger partial charge in [0.2, 0.25) is 0 Å². The molecule has 3 unspecified atom stereocenters. The van der Waals surface area contributed by atoms with Crippen LogP contribution in [0.2, 0.25) is 0 Å². The van der Waals surface area contributed by atoms with Gasteiger partial charge in [-0.25, -0.2) is 0 Å². The van der Waals surface area contributed by atoms with Crippen molar-refractivity contribution in [3.8, 4) is 0 Å². The van der Waals surface area contributed by atoms with Crippen molar-refractivity contribution >= 4 is 5.97 Å². The molecule has 77 valence electrons. The zero-order chi connectivity index (χ0) is 10.3. The molecule has 2 heteroatoms. The van der Waals surface area contributed by atoms with Crippen LogP contribution in [-0.4, -0.2) is 11.1 Å². The number of allylic oxidation sites excluding steroid dienone is 2. The summed E-state index contributed by atoms with van der Waals surface area (Å²) in [5, 5.41) is 9.18. The minimum atomic E-state index is -0.612. The van der Waals surface area contributed by atoms with Crippen molar-refractivity contribution in [3.63, 3.8) is 0 Å². The Morgan fingerprint density at radius 1 is 1.79 bits per heavy atom. The highest BCUT2D eigenvalue weighted by atomic mass is 16.4. The zero-order valence-corrected chi connectivity index (χ0v) is 8.62. The number of carboxylic acid groups (broad SMARTS) is 1. The van der Waals surface area contributed by atoms with Crippen molar-refractivity contribution in [1.82, 2.24) is 0 Å². The van der Waals surface area contributed by atoms with Crippen LogP contribution in [-0.2, 0) is 4.79 Å². The molecule has 2 saturated carbocycles. The molecular weight excluding hydrogens is 176 g/mol. The van der Waals surface area contributed by atoms with E-state index < -0.39 is 11.4 Å². The molecule has 1 N–H and O–H groups in total. The van der Waals surface area contributed by atoms with Crippen molar-refractivity contribution in [2.45, 2.75) is 32.6 Å². The highest BCUT2D eigenvalue weighted by molar-refractivity contribution is 5.75. The molecule has 1 radical (unpaired) electrons. The number of carboxylic acids is 1. The number of hydrogen-bond donors (Lipinski definition) is 1. The van der Waals surface area contributed by atoms with Crippen LogP contribution < -0.4 is 0 Å². The van der Waals surface area contributed by atoms with E-state index in [0.717, 1.165) is 25.7 Å². The third-order valence-corrected chi connectivity index (χ3v) is 4.04. The van der Waals surface area contributed by atoms with Gasteiger partial charge in [0.25, 0.3) is 0 Å². The molecule has 14 heavy (non-hydrogen) atoms. The van der Waals surface area contributed by atoms with E-state index >= 15 is 0 Å². The summed E-state index contributed by atoms with van der Waals surface area (Å²) < 4.78 is 0. The molecule has 2 aliphatic carbocycles. The lowest BCUT2D eigenvalue weighted by Gasteiger charge is -2.30. The van der Waals surface area contributed by atoms with E-state index in [1.54, 1.807) is 0 Å². The summed E-state index contributed by atoms with van der Waals surface area (Å²) in [5.41, 5.74) is 1.01. The lowest BCUT2D eigenvalue weighted by molar-refractivity contribution is -0.150. The minimum absolute atomic E-state index is 0.364. The van der Waals surface area contributed by atoms with Crippen molar-refractivity contribution < 1.29 is 9.90 Å².